The monoisotopic (exact) mass is 504 g/mol. The lowest BCUT2D eigenvalue weighted by atomic mass is 10.0. The number of methoxy groups -OCH3 is 1. The second kappa shape index (κ2) is 10.1. The summed E-state index contributed by atoms with van der Waals surface area (Å²) in [5, 5.41) is 2.10. The van der Waals surface area contributed by atoms with Gasteiger partial charge in [0.25, 0.3) is 5.91 Å². The van der Waals surface area contributed by atoms with Crippen LogP contribution >= 0.6 is 0 Å². The molecule has 38 heavy (non-hydrogen) atoms. The van der Waals surface area contributed by atoms with E-state index in [4.69, 9.17) is 9.15 Å². The zero-order valence-corrected chi connectivity index (χ0v) is 21.1. The van der Waals surface area contributed by atoms with Crippen molar-refractivity contribution >= 4 is 39.8 Å². The summed E-state index contributed by atoms with van der Waals surface area (Å²) in [6.07, 6.45) is 7.63. The molecule has 1 aliphatic carbocycles. The molecular formula is C32H28N2O4. The minimum atomic E-state index is -0.386. The van der Waals surface area contributed by atoms with E-state index < -0.39 is 0 Å². The summed E-state index contributed by atoms with van der Waals surface area (Å²) in [5.41, 5.74) is 6.26. The van der Waals surface area contributed by atoms with Crippen molar-refractivity contribution in [3.05, 3.63) is 113 Å². The fraction of sp³-hybridized carbons (Fsp3) is 0.188. The molecule has 1 unspecified atom stereocenters. The number of amides is 1. The number of benzene rings is 3. The number of hydrogen-bond donors (Lipinski definition) is 1. The van der Waals surface area contributed by atoms with Crippen LogP contribution in [0.2, 0.25) is 0 Å². The summed E-state index contributed by atoms with van der Waals surface area (Å²) in [4.78, 5) is 30.8. The van der Waals surface area contributed by atoms with E-state index in [1.165, 1.54) is 29.7 Å². The highest BCUT2D eigenvalue weighted by Gasteiger charge is 2.33. The van der Waals surface area contributed by atoms with E-state index in [-0.39, 0.29) is 17.9 Å². The Bertz CT molecular complexity index is 1640. The number of nitrogens with one attached hydrogen (secondary N) is 1. The van der Waals surface area contributed by atoms with E-state index in [0.29, 0.717) is 17.9 Å². The number of furan rings is 1. The molecule has 1 N–H and O–H groups in total. The predicted molar refractivity (Wildman–Crippen MR) is 148 cm³/mol. The largest absolute Gasteiger partial charge is 0.466 e. The van der Waals surface area contributed by atoms with Crippen molar-refractivity contribution in [2.45, 2.75) is 25.3 Å². The van der Waals surface area contributed by atoms with Gasteiger partial charge in [0.15, 0.2) is 5.76 Å². The summed E-state index contributed by atoms with van der Waals surface area (Å²) in [6.45, 7) is 0.561. The lowest BCUT2D eigenvalue weighted by Gasteiger charge is -2.29. The molecule has 190 valence electrons. The number of rotatable bonds is 7. The standard InChI is InChI=1S/C32H28N2O4/c1-37-31(35)15-11-21-10-13-26-22(18-21)12-14-28(26)34(17-16-24-20-33-27-8-4-3-7-25(24)27)32(36)30-19-23-6-2-5-9-29(23)38-30/h2-11,13,15,18-20,28,33H,12,14,16-17H2,1H3/b15-11+. The molecule has 0 aliphatic heterocycles. The van der Waals surface area contributed by atoms with E-state index in [0.717, 1.165) is 41.3 Å². The first-order valence-corrected chi connectivity index (χ1v) is 12.8. The van der Waals surface area contributed by atoms with Gasteiger partial charge in [0.05, 0.1) is 13.2 Å². The topological polar surface area (TPSA) is 75.5 Å². The summed E-state index contributed by atoms with van der Waals surface area (Å²) in [7, 11) is 1.36. The Balaban J connectivity index is 1.32. The summed E-state index contributed by atoms with van der Waals surface area (Å²) in [5.74, 6) is -0.131. The van der Waals surface area contributed by atoms with Crippen LogP contribution in [-0.2, 0) is 22.4 Å². The third kappa shape index (κ3) is 4.50. The molecule has 0 spiro atoms. The van der Waals surface area contributed by atoms with Gasteiger partial charge in [-0.25, -0.2) is 4.79 Å². The van der Waals surface area contributed by atoms with Gasteiger partial charge in [0.2, 0.25) is 0 Å². The second-order valence-corrected chi connectivity index (χ2v) is 9.63. The summed E-state index contributed by atoms with van der Waals surface area (Å²) >= 11 is 0. The van der Waals surface area contributed by atoms with Gasteiger partial charge in [-0.15, -0.1) is 0 Å². The van der Waals surface area contributed by atoms with Crippen molar-refractivity contribution in [1.29, 1.82) is 0 Å². The molecule has 0 saturated heterocycles. The average Bonchev–Trinajstić information content (AvgIpc) is 3.68. The van der Waals surface area contributed by atoms with E-state index in [1.807, 2.05) is 59.6 Å². The molecule has 6 nitrogen and oxygen atoms in total. The lowest BCUT2D eigenvalue weighted by Crippen LogP contribution is -2.35. The smallest absolute Gasteiger partial charge is 0.330 e. The normalized spacial score (nSPS) is 14.8. The van der Waals surface area contributed by atoms with Crippen LogP contribution in [0.25, 0.3) is 27.9 Å². The Kier molecular flexibility index (Phi) is 6.30. The van der Waals surface area contributed by atoms with Gasteiger partial charge in [0.1, 0.15) is 5.58 Å². The number of ether oxygens (including phenoxy) is 1. The first-order valence-electron chi connectivity index (χ1n) is 12.8. The van der Waals surface area contributed by atoms with Crippen LogP contribution in [0.15, 0.2) is 89.5 Å². The fourth-order valence-electron chi connectivity index (χ4n) is 5.48. The molecule has 3 aromatic carbocycles. The number of aromatic amines is 1. The van der Waals surface area contributed by atoms with Crippen molar-refractivity contribution in [2.24, 2.45) is 0 Å². The molecule has 1 atom stereocenters. The van der Waals surface area contributed by atoms with Gasteiger partial charge in [-0.3, -0.25) is 4.79 Å². The molecule has 2 aromatic heterocycles. The summed E-state index contributed by atoms with van der Waals surface area (Å²) < 4.78 is 10.7. The molecule has 5 aromatic rings. The molecule has 1 aliphatic rings. The Morgan fingerprint density at radius 2 is 1.92 bits per heavy atom. The molecule has 0 radical (unpaired) electrons. The highest BCUT2D eigenvalue weighted by Crippen LogP contribution is 2.38. The molecule has 0 bridgehead atoms. The van der Waals surface area contributed by atoms with Crippen LogP contribution in [0.1, 0.15) is 45.3 Å². The Morgan fingerprint density at radius 1 is 1.08 bits per heavy atom. The van der Waals surface area contributed by atoms with Crippen LogP contribution in [0.3, 0.4) is 0 Å². The van der Waals surface area contributed by atoms with Crippen LogP contribution in [0.5, 0.6) is 0 Å². The SMILES string of the molecule is COC(=O)/C=C/c1ccc2c(c1)CCC2N(CCc1c[nH]c2ccccc12)C(=O)c1cc2ccccc2o1. The number of fused-ring (bicyclic) bond motifs is 3. The number of carbonyl (C=O) groups is 2. The zero-order chi connectivity index (χ0) is 26.1. The number of para-hydroxylation sites is 2. The van der Waals surface area contributed by atoms with Crippen LogP contribution < -0.4 is 0 Å². The minimum Gasteiger partial charge on any atom is -0.466 e. The van der Waals surface area contributed by atoms with Crippen LogP contribution in [0, 0.1) is 0 Å². The third-order valence-electron chi connectivity index (χ3n) is 7.40. The first kappa shape index (κ1) is 23.8. The quantitative estimate of drug-likeness (QED) is 0.204. The van der Waals surface area contributed by atoms with Crippen molar-refractivity contribution in [2.75, 3.05) is 13.7 Å². The molecule has 1 amide bonds. The number of esters is 1. The molecular weight excluding hydrogens is 476 g/mol. The zero-order valence-electron chi connectivity index (χ0n) is 21.1. The van der Waals surface area contributed by atoms with E-state index in [9.17, 15) is 9.59 Å². The molecule has 0 saturated carbocycles. The van der Waals surface area contributed by atoms with Crippen LogP contribution in [-0.4, -0.2) is 35.4 Å². The maximum absolute atomic E-state index is 14.0. The summed E-state index contributed by atoms with van der Waals surface area (Å²) in [6, 6.07) is 23.9. The highest BCUT2D eigenvalue weighted by molar-refractivity contribution is 5.96. The van der Waals surface area contributed by atoms with Gasteiger partial charge in [0, 0.05) is 35.1 Å². The predicted octanol–water partition coefficient (Wildman–Crippen LogP) is 6.47. The van der Waals surface area contributed by atoms with Crippen molar-refractivity contribution in [3.63, 3.8) is 0 Å². The molecule has 6 rings (SSSR count). The third-order valence-corrected chi connectivity index (χ3v) is 7.40. The minimum absolute atomic E-state index is 0.0606. The average molecular weight is 505 g/mol. The maximum atomic E-state index is 14.0. The Labute approximate surface area is 220 Å². The van der Waals surface area contributed by atoms with E-state index in [2.05, 4.69) is 29.2 Å². The van der Waals surface area contributed by atoms with Crippen molar-refractivity contribution in [1.82, 2.24) is 9.88 Å². The second-order valence-electron chi connectivity index (χ2n) is 9.63. The van der Waals surface area contributed by atoms with Gasteiger partial charge in [-0.2, -0.15) is 0 Å². The maximum Gasteiger partial charge on any atom is 0.330 e. The number of aryl methyl sites for hydroxylation is 1. The van der Waals surface area contributed by atoms with Crippen LogP contribution in [0.4, 0.5) is 0 Å². The first-order chi connectivity index (χ1) is 18.6. The van der Waals surface area contributed by atoms with Gasteiger partial charge >= 0.3 is 5.97 Å². The van der Waals surface area contributed by atoms with Gasteiger partial charge in [-0.1, -0.05) is 54.6 Å². The highest BCUT2D eigenvalue weighted by atomic mass is 16.5. The van der Waals surface area contributed by atoms with E-state index >= 15 is 0 Å². The molecule has 6 heteroatoms. The van der Waals surface area contributed by atoms with Crippen molar-refractivity contribution < 1.29 is 18.7 Å². The van der Waals surface area contributed by atoms with E-state index in [1.54, 1.807) is 6.08 Å². The number of H-pyrrole nitrogens is 1. The molecule has 0 fully saturated rings. The lowest BCUT2D eigenvalue weighted by molar-refractivity contribution is -0.134. The number of carbonyl (C=O) groups excluding carboxylic acids is 2. The van der Waals surface area contributed by atoms with Gasteiger partial charge < -0.3 is 19.0 Å². The van der Waals surface area contributed by atoms with Crippen molar-refractivity contribution in [3.8, 4) is 0 Å². The fourth-order valence-corrected chi connectivity index (χ4v) is 5.48. The molecule has 2 heterocycles. The Morgan fingerprint density at radius 3 is 2.79 bits per heavy atom. The number of aromatic nitrogens is 1. The number of nitrogens with zero attached hydrogens (tertiary/aromatic N) is 1. The van der Waals surface area contributed by atoms with Gasteiger partial charge in [-0.05, 0) is 65.8 Å². The number of hydrogen-bond acceptors (Lipinski definition) is 4. The Hall–Kier alpha value is -4.58.